The molecule has 3 N–H and O–H groups in total. The molecule has 0 unspecified atom stereocenters. The number of hydrogen-bond donors (Lipinski definition) is 2. The average molecular weight is 325 g/mol. The first-order valence-electron chi connectivity index (χ1n) is 6.11. The molecule has 0 aliphatic carbocycles. The third-order valence-electron chi connectivity index (χ3n) is 2.95. The molecular weight excluding hydrogens is 311 g/mol. The zero-order valence-corrected chi connectivity index (χ0v) is 12.8. The largest absolute Gasteiger partial charge is 0.409 e. The third-order valence-corrected chi connectivity index (χ3v) is 3.57. The van der Waals surface area contributed by atoms with Crippen molar-refractivity contribution in [3.63, 3.8) is 0 Å². The number of rotatable bonds is 4. The van der Waals surface area contributed by atoms with E-state index < -0.39 is 0 Å². The van der Waals surface area contributed by atoms with Gasteiger partial charge in [-0.1, -0.05) is 40.5 Å². The van der Waals surface area contributed by atoms with Crippen molar-refractivity contribution in [3.8, 4) is 0 Å². The van der Waals surface area contributed by atoms with Gasteiger partial charge in [0.05, 0.1) is 5.02 Å². The normalized spacial score (nSPS) is 11.5. The Bertz CT molecular complexity index is 659. The molecule has 0 bridgehead atoms. The summed E-state index contributed by atoms with van der Waals surface area (Å²) < 4.78 is 0. The number of pyridine rings is 1. The Morgan fingerprint density at radius 1 is 1.29 bits per heavy atom. The van der Waals surface area contributed by atoms with Gasteiger partial charge < -0.3 is 15.8 Å². The molecule has 1 aromatic heterocycles. The summed E-state index contributed by atoms with van der Waals surface area (Å²) in [5.41, 5.74) is 7.09. The summed E-state index contributed by atoms with van der Waals surface area (Å²) in [5, 5.41) is 12.7. The first-order chi connectivity index (χ1) is 10.0. The SMILES string of the molecule is CN(Cc1ccc(Cl)cc1)c1nccc(/C(N)=N/O)c1Cl. The Morgan fingerprint density at radius 3 is 2.57 bits per heavy atom. The van der Waals surface area contributed by atoms with Crippen LogP contribution in [0.2, 0.25) is 10.0 Å². The predicted molar refractivity (Wildman–Crippen MR) is 85.3 cm³/mol. The second-order valence-electron chi connectivity index (χ2n) is 4.46. The molecule has 5 nitrogen and oxygen atoms in total. The minimum atomic E-state index is -0.0523. The van der Waals surface area contributed by atoms with E-state index in [-0.39, 0.29) is 5.84 Å². The van der Waals surface area contributed by atoms with E-state index >= 15 is 0 Å². The smallest absolute Gasteiger partial charge is 0.171 e. The van der Waals surface area contributed by atoms with Gasteiger partial charge in [-0.15, -0.1) is 0 Å². The Morgan fingerprint density at radius 2 is 1.95 bits per heavy atom. The van der Waals surface area contributed by atoms with Crippen molar-refractivity contribution in [1.29, 1.82) is 0 Å². The van der Waals surface area contributed by atoms with Gasteiger partial charge in [0, 0.05) is 30.4 Å². The molecule has 1 aromatic carbocycles. The molecule has 1 heterocycles. The molecule has 0 saturated heterocycles. The molecule has 110 valence electrons. The van der Waals surface area contributed by atoms with Gasteiger partial charge in [0.1, 0.15) is 5.82 Å². The van der Waals surface area contributed by atoms with Gasteiger partial charge in [-0.05, 0) is 23.8 Å². The highest BCUT2D eigenvalue weighted by Gasteiger charge is 2.14. The lowest BCUT2D eigenvalue weighted by Crippen LogP contribution is -2.20. The van der Waals surface area contributed by atoms with E-state index in [0.717, 1.165) is 5.56 Å². The number of nitrogens with two attached hydrogens (primary N) is 1. The van der Waals surface area contributed by atoms with Crippen LogP contribution in [0.3, 0.4) is 0 Å². The van der Waals surface area contributed by atoms with Gasteiger partial charge >= 0.3 is 0 Å². The van der Waals surface area contributed by atoms with E-state index in [1.165, 1.54) is 0 Å². The zero-order chi connectivity index (χ0) is 15.4. The molecule has 0 aliphatic rings. The molecule has 0 spiro atoms. The minimum Gasteiger partial charge on any atom is -0.409 e. The number of halogens is 2. The maximum atomic E-state index is 8.76. The molecule has 21 heavy (non-hydrogen) atoms. The third kappa shape index (κ3) is 3.56. The molecule has 7 heteroatoms. The van der Waals surface area contributed by atoms with Crippen LogP contribution < -0.4 is 10.6 Å². The van der Waals surface area contributed by atoms with Crippen LogP contribution in [-0.2, 0) is 6.54 Å². The van der Waals surface area contributed by atoms with Crippen LogP contribution in [0.15, 0.2) is 41.7 Å². The standard InChI is InChI=1S/C14H14Cl2N4O/c1-20(8-9-2-4-10(15)5-3-9)14-12(16)11(6-7-18-14)13(17)19-21/h2-7,21H,8H2,1H3,(H2,17,19). The molecule has 0 radical (unpaired) electrons. The fraction of sp³-hybridized carbons (Fsp3) is 0.143. The lowest BCUT2D eigenvalue weighted by Gasteiger charge is -2.20. The molecular formula is C14H14Cl2N4O. The summed E-state index contributed by atoms with van der Waals surface area (Å²) in [6.07, 6.45) is 1.56. The van der Waals surface area contributed by atoms with Crippen LogP contribution in [0.4, 0.5) is 5.82 Å². The zero-order valence-electron chi connectivity index (χ0n) is 11.3. The fourth-order valence-electron chi connectivity index (χ4n) is 1.89. The predicted octanol–water partition coefficient (Wildman–Crippen LogP) is 3.12. The number of aromatic nitrogens is 1. The Balaban J connectivity index is 2.27. The molecule has 0 fully saturated rings. The van der Waals surface area contributed by atoms with E-state index in [4.69, 9.17) is 34.1 Å². The Hall–Kier alpha value is -1.98. The number of nitrogens with zero attached hydrogens (tertiary/aromatic N) is 3. The van der Waals surface area contributed by atoms with Gasteiger partial charge in [-0.25, -0.2) is 4.98 Å². The van der Waals surface area contributed by atoms with Gasteiger partial charge in [0.15, 0.2) is 5.84 Å². The van der Waals surface area contributed by atoms with Gasteiger partial charge in [-0.3, -0.25) is 0 Å². The second-order valence-corrected chi connectivity index (χ2v) is 5.28. The van der Waals surface area contributed by atoms with Crippen molar-refractivity contribution in [2.24, 2.45) is 10.9 Å². The minimum absolute atomic E-state index is 0.0523. The van der Waals surface area contributed by atoms with Crippen molar-refractivity contribution in [2.75, 3.05) is 11.9 Å². The lowest BCUT2D eigenvalue weighted by molar-refractivity contribution is 0.318. The Labute approximate surface area is 132 Å². The number of hydrogen-bond acceptors (Lipinski definition) is 4. The van der Waals surface area contributed by atoms with E-state index in [9.17, 15) is 0 Å². The molecule has 0 atom stereocenters. The number of anilines is 1. The summed E-state index contributed by atoms with van der Waals surface area (Å²) in [5.74, 6) is 0.499. The number of amidine groups is 1. The molecule has 2 aromatic rings. The number of oxime groups is 1. The van der Waals surface area contributed by atoms with E-state index in [1.807, 2.05) is 36.2 Å². The van der Waals surface area contributed by atoms with Gasteiger partial charge in [0.25, 0.3) is 0 Å². The van der Waals surface area contributed by atoms with E-state index in [1.54, 1.807) is 12.3 Å². The summed E-state index contributed by atoms with van der Waals surface area (Å²) in [6, 6.07) is 9.11. The monoisotopic (exact) mass is 324 g/mol. The van der Waals surface area contributed by atoms with Crippen LogP contribution >= 0.6 is 23.2 Å². The lowest BCUT2D eigenvalue weighted by atomic mass is 10.2. The van der Waals surface area contributed by atoms with E-state index in [2.05, 4.69) is 10.1 Å². The molecule has 0 aliphatic heterocycles. The summed E-state index contributed by atoms with van der Waals surface area (Å²) in [6.45, 7) is 0.601. The molecule has 2 rings (SSSR count). The van der Waals surface area contributed by atoms with Crippen molar-refractivity contribution in [3.05, 3.63) is 57.7 Å². The second kappa shape index (κ2) is 6.65. The van der Waals surface area contributed by atoms with Crippen molar-refractivity contribution < 1.29 is 5.21 Å². The van der Waals surface area contributed by atoms with Crippen molar-refractivity contribution in [2.45, 2.75) is 6.54 Å². The van der Waals surface area contributed by atoms with Crippen molar-refractivity contribution in [1.82, 2.24) is 4.98 Å². The first kappa shape index (κ1) is 15.4. The van der Waals surface area contributed by atoms with Gasteiger partial charge in [-0.2, -0.15) is 0 Å². The quantitative estimate of drug-likeness (QED) is 0.392. The highest BCUT2D eigenvalue weighted by Crippen LogP contribution is 2.27. The van der Waals surface area contributed by atoms with Crippen LogP contribution in [0, 0.1) is 0 Å². The van der Waals surface area contributed by atoms with Crippen LogP contribution in [0.25, 0.3) is 0 Å². The first-order valence-corrected chi connectivity index (χ1v) is 6.86. The summed E-state index contributed by atoms with van der Waals surface area (Å²) >= 11 is 12.1. The van der Waals surface area contributed by atoms with Crippen molar-refractivity contribution >= 4 is 34.9 Å². The fourth-order valence-corrected chi connectivity index (χ4v) is 2.37. The molecule has 0 saturated carbocycles. The van der Waals surface area contributed by atoms with E-state index in [0.29, 0.717) is 28.0 Å². The summed E-state index contributed by atoms with van der Waals surface area (Å²) in [4.78, 5) is 6.12. The summed E-state index contributed by atoms with van der Waals surface area (Å²) in [7, 11) is 1.86. The van der Waals surface area contributed by atoms with Crippen LogP contribution in [-0.4, -0.2) is 23.1 Å². The maximum Gasteiger partial charge on any atom is 0.171 e. The molecule has 0 amide bonds. The van der Waals surface area contributed by atoms with Crippen LogP contribution in [0.5, 0.6) is 0 Å². The maximum absolute atomic E-state index is 8.76. The van der Waals surface area contributed by atoms with Gasteiger partial charge in [0.2, 0.25) is 0 Å². The van der Waals surface area contributed by atoms with Crippen LogP contribution in [0.1, 0.15) is 11.1 Å². The average Bonchev–Trinajstić information content (AvgIpc) is 2.49. The highest BCUT2D eigenvalue weighted by molar-refractivity contribution is 6.36. The number of benzene rings is 1. The Kier molecular flexibility index (Phi) is 4.88. The highest BCUT2D eigenvalue weighted by atomic mass is 35.5. The topological polar surface area (TPSA) is 74.7 Å².